The molecule has 0 unspecified atom stereocenters. The van der Waals surface area contributed by atoms with Crippen LogP contribution in [0.25, 0.3) is 0 Å². The largest absolute Gasteiger partial charge is 0.329 e. The van der Waals surface area contributed by atoms with Crippen LogP contribution in [-0.2, 0) is 0 Å². The molecule has 0 amide bonds. The van der Waals surface area contributed by atoms with E-state index in [1.54, 1.807) is 0 Å². The van der Waals surface area contributed by atoms with Gasteiger partial charge in [-0.1, -0.05) is 82.7 Å². The van der Waals surface area contributed by atoms with Gasteiger partial charge in [0.05, 0.1) is 0 Å². The van der Waals surface area contributed by atoms with Gasteiger partial charge in [0, 0.05) is 36.1 Å². The fraction of sp³-hybridized carbons (Fsp3) is 1.00. The first-order valence-corrected chi connectivity index (χ1v) is 14.7. The van der Waals surface area contributed by atoms with Gasteiger partial charge >= 0.3 is 0 Å². The summed E-state index contributed by atoms with van der Waals surface area (Å²) >= 11 is 0. The van der Waals surface area contributed by atoms with Crippen LogP contribution < -0.4 is 5.73 Å². The first kappa shape index (κ1) is 25.3. The normalized spacial score (nSPS) is 11.5. The van der Waals surface area contributed by atoms with Crippen LogP contribution in [0.4, 0.5) is 0 Å². The Bertz CT molecular complexity index is 213. The molecule has 0 spiro atoms. The van der Waals surface area contributed by atoms with Gasteiger partial charge in [0.25, 0.3) is 0 Å². The van der Waals surface area contributed by atoms with E-state index in [0.29, 0.717) is 0 Å². The first-order chi connectivity index (χ1) is 11.8. The molecule has 0 saturated carbocycles. The smallest absolute Gasteiger partial charge is 0.0105 e. The van der Waals surface area contributed by atoms with Crippen molar-refractivity contribution >= 4 is 43.2 Å². The van der Waals surface area contributed by atoms with E-state index in [1.807, 2.05) is 0 Å². The Morgan fingerprint density at radius 3 is 1.38 bits per heavy atom. The summed E-state index contributed by atoms with van der Waals surface area (Å²) in [4.78, 5) is 2.56. The molecule has 0 aromatic rings. The maximum atomic E-state index is 5.77. The van der Waals surface area contributed by atoms with Gasteiger partial charge in [-0.25, -0.2) is 0 Å². The molecule has 0 heterocycles. The van der Waals surface area contributed by atoms with Gasteiger partial charge in [-0.05, 0) is 38.8 Å². The van der Waals surface area contributed by atoms with E-state index in [-0.39, 0.29) is 0 Å². The molecule has 0 rings (SSSR count). The highest BCUT2D eigenvalue weighted by Gasteiger charge is 2.04. The minimum absolute atomic E-state index is 0.790. The summed E-state index contributed by atoms with van der Waals surface area (Å²) in [6.07, 6.45) is 10.8. The molecule has 0 aliphatic heterocycles. The van der Waals surface area contributed by atoms with Crippen LogP contribution in [0, 0.1) is 0 Å². The second-order valence-electron chi connectivity index (χ2n) is 6.04. The number of nitrogens with zero attached hydrogens (tertiary/aromatic N) is 1. The lowest BCUT2D eigenvalue weighted by atomic mass is 10.3. The third-order valence-corrected chi connectivity index (χ3v) is 8.83. The molecular formula is C18H40N2S4. The fourth-order valence-corrected chi connectivity index (χ4v) is 6.71. The van der Waals surface area contributed by atoms with Crippen LogP contribution in [0.15, 0.2) is 0 Å². The summed E-state index contributed by atoms with van der Waals surface area (Å²) in [5, 5.41) is 0. The number of rotatable bonds is 20. The standard InChI is InChI=1S/C18H40N2S4/c1-3-5-7-15-21-23-17-9-12-20(14-11-19)13-10-18-24-22-16-8-6-4-2/h3-19H2,1-2H3. The van der Waals surface area contributed by atoms with Gasteiger partial charge in [-0.15, -0.1) is 0 Å². The van der Waals surface area contributed by atoms with Crippen LogP contribution in [-0.4, -0.2) is 54.1 Å². The minimum atomic E-state index is 0.790. The van der Waals surface area contributed by atoms with Crippen LogP contribution >= 0.6 is 43.2 Å². The SMILES string of the molecule is CCCCCSSCCCN(CCN)CCCSSCCCCC. The molecule has 146 valence electrons. The van der Waals surface area contributed by atoms with E-state index in [9.17, 15) is 0 Å². The van der Waals surface area contributed by atoms with Crippen molar-refractivity contribution in [3.05, 3.63) is 0 Å². The number of unbranched alkanes of at least 4 members (excludes halogenated alkanes) is 4. The van der Waals surface area contributed by atoms with Gasteiger partial charge in [0.2, 0.25) is 0 Å². The highest BCUT2D eigenvalue weighted by atomic mass is 33.1. The first-order valence-electron chi connectivity index (χ1n) is 9.76. The quantitative estimate of drug-likeness (QED) is 0.190. The van der Waals surface area contributed by atoms with Crippen molar-refractivity contribution in [3.8, 4) is 0 Å². The number of nitrogens with two attached hydrogens (primary N) is 1. The topological polar surface area (TPSA) is 29.3 Å². The molecule has 24 heavy (non-hydrogen) atoms. The van der Waals surface area contributed by atoms with Crippen molar-refractivity contribution in [1.82, 2.24) is 4.90 Å². The molecule has 0 saturated heterocycles. The predicted molar refractivity (Wildman–Crippen MR) is 124 cm³/mol. The molecule has 0 fully saturated rings. The minimum Gasteiger partial charge on any atom is -0.329 e. The van der Waals surface area contributed by atoms with Gasteiger partial charge in [-0.2, -0.15) is 0 Å². The molecule has 6 heteroatoms. The van der Waals surface area contributed by atoms with Crippen LogP contribution in [0.5, 0.6) is 0 Å². The summed E-state index contributed by atoms with van der Waals surface area (Å²) in [5.74, 6) is 5.19. The molecule has 0 aromatic heterocycles. The van der Waals surface area contributed by atoms with Crippen molar-refractivity contribution in [1.29, 1.82) is 0 Å². The van der Waals surface area contributed by atoms with E-state index in [4.69, 9.17) is 5.73 Å². The van der Waals surface area contributed by atoms with Crippen LogP contribution in [0.2, 0.25) is 0 Å². The second kappa shape index (κ2) is 22.4. The molecule has 0 radical (unpaired) electrons. The average Bonchev–Trinajstić information content (AvgIpc) is 2.59. The Labute approximate surface area is 167 Å². The Kier molecular flexibility index (Phi) is 23.6. The van der Waals surface area contributed by atoms with Gasteiger partial charge in [-0.3, -0.25) is 0 Å². The van der Waals surface area contributed by atoms with Crippen molar-refractivity contribution in [2.45, 2.75) is 65.2 Å². The second-order valence-corrected chi connectivity index (χ2v) is 11.4. The molecule has 0 aliphatic rings. The lowest BCUT2D eigenvalue weighted by molar-refractivity contribution is 0.284. The molecule has 2 nitrogen and oxygen atoms in total. The lowest BCUT2D eigenvalue weighted by Gasteiger charge is -2.21. The number of hydrogen-bond acceptors (Lipinski definition) is 6. The van der Waals surface area contributed by atoms with Crippen molar-refractivity contribution in [2.24, 2.45) is 5.73 Å². The van der Waals surface area contributed by atoms with Gasteiger partial charge in [0.15, 0.2) is 0 Å². The third kappa shape index (κ3) is 19.6. The summed E-state index contributed by atoms with van der Waals surface area (Å²) in [7, 11) is 8.23. The highest BCUT2D eigenvalue weighted by Crippen LogP contribution is 2.24. The van der Waals surface area contributed by atoms with E-state index >= 15 is 0 Å². The molecule has 0 bridgehead atoms. The maximum absolute atomic E-state index is 5.77. The van der Waals surface area contributed by atoms with E-state index < -0.39 is 0 Å². The predicted octanol–water partition coefficient (Wildman–Crippen LogP) is 6.17. The summed E-state index contributed by atoms with van der Waals surface area (Å²) in [6, 6.07) is 0. The lowest BCUT2D eigenvalue weighted by Crippen LogP contribution is -2.31. The van der Waals surface area contributed by atoms with Gasteiger partial charge in [0.1, 0.15) is 0 Å². The van der Waals surface area contributed by atoms with Crippen molar-refractivity contribution < 1.29 is 0 Å². The van der Waals surface area contributed by atoms with Crippen molar-refractivity contribution in [2.75, 3.05) is 49.2 Å². The highest BCUT2D eigenvalue weighted by molar-refractivity contribution is 8.77. The Morgan fingerprint density at radius 1 is 0.583 bits per heavy atom. The van der Waals surface area contributed by atoms with E-state index in [0.717, 1.165) is 13.1 Å². The van der Waals surface area contributed by atoms with E-state index in [1.165, 1.54) is 87.5 Å². The zero-order chi connectivity index (χ0) is 17.7. The average molecular weight is 413 g/mol. The number of hydrogen-bond donors (Lipinski definition) is 1. The summed E-state index contributed by atoms with van der Waals surface area (Å²) in [5.41, 5.74) is 5.77. The molecule has 0 atom stereocenters. The third-order valence-electron chi connectivity index (χ3n) is 3.68. The zero-order valence-corrected chi connectivity index (χ0v) is 19.2. The summed E-state index contributed by atoms with van der Waals surface area (Å²) < 4.78 is 0. The molecule has 0 aliphatic carbocycles. The van der Waals surface area contributed by atoms with Crippen LogP contribution in [0.1, 0.15) is 65.2 Å². The van der Waals surface area contributed by atoms with Crippen molar-refractivity contribution in [3.63, 3.8) is 0 Å². The van der Waals surface area contributed by atoms with E-state index in [2.05, 4.69) is 61.9 Å². The Balaban J connectivity index is 3.43. The zero-order valence-electron chi connectivity index (χ0n) is 16.0. The monoisotopic (exact) mass is 412 g/mol. The molecule has 0 aromatic carbocycles. The Hall–Kier alpha value is 1.32. The maximum Gasteiger partial charge on any atom is 0.0105 e. The van der Waals surface area contributed by atoms with Gasteiger partial charge < -0.3 is 10.6 Å². The fourth-order valence-electron chi connectivity index (χ4n) is 2.27. The summed E-state index contributed by atoms with van der Waals surface area (Å²) in [6.45, 7) is 8.82. The Morgan fingerprint density at radius 2 is 1.00 bits per heavy atom. The molecule has 2 N–H and O–H groups in total. The molecular weight excluding hydrogens is 372 g/mol. The van der Waals surface area contributed by atoms with Crippen LogP contribution in [0.3, 0.4) is 0 Å².